The van der Waals surface area contributed by atoms with Gasteiger partial charge in [-0.1, -0.05) is 17.3 Å². The highest BCUT2D eigenvalue weighted by Gasteiger charge is 2.22. The molecule has 0 atom stereocenters. The van der Waals surface area contributed by atoms with E-state index >= 15 is 0 Å². The van der Waals surface area contributed by atoms with Gasteiger partial charge in [-0.25, -0.2) is 18.4 Å². The fraction of sp³-hybridized carbons (Fsp3) is 0.111. The van der Waals surface area contributed by atoms with Crippen molar-refractivity contribution in [1.29, 1.82) is 0 Å². The van der Waals surface area contributed by atoms with Crippen LogP contribution in [0.4, 0.5) is 4.79 Å². The summed E-state index contributed by atoms with van der Waals surface area (Å²) in [5.74, 6) is 0.798. The zero-order valence-electron chi connectivity index (χ0n) is 15.3. The minimum Gasteiger partial charge on any atom is -0.497 e. The van der Waals surface area contributed by atoms with Crippen molar-refractivity contribution in [2.24, 2.45) is 10.9 Å². The van der Waals surface area contributed by atoms with Crippen LogP contribution in [0.1, 0.15) is 5.76 Å². The van der Waals surface area contributed by atoms with E-state index in [2.05, 4.69) is 5.16 Å². The van der Waals surface area contributed by atoms with Crippen LogP contribution in [0.2, 0.25) is 0 Å². The van der Waals surface area contributed by atoms with Crippen molar-refractivity contribution in [3.8, 4) is 28.1 Å². The Morgan fingerprint density at radius 3 is 2.24 bits per heavy atom. The molecule has 0 aliphatic carbocycles. The van der Waals surface area contributed by atoms with E-state index in [1.54, 1.807) is 31.4 Å². The molecule has 29 heavy (non-hydrogen) atoms. The van der Waals surface area contributed by atoms with Gasteiger partial charge in [0.2, 0.25) is 10.0 Å². The van der Waals surface area contributed by atoms with E-state index in [0.717, 1.165) is 0 Å². The number of rotatable bonds is 6. The van der Waals surface area contributed by atoms with Crippen molar-refractivity contribution in [3.63, 3.8) is 0 Å². The molecule has 1 heterocycles. The average molecular weight is 418 g/mol. The number of urea groups is 1. The van der Waals surface area contributed by atoms with E-state index < -0.39 is 16.1 Å². The van der Waals surface area contributed by atoms with Crippen molar-refractivity contribution in [2.75, 3.05) is 7.11 Å². The lowest BCUT2D eigenvalue weighted by Gasteiger charge is -2.11. The van der Waals surface area contributed by atoms with Crippen LogP contribution >= 0.6 is 0 Å². The third kappa shape index (κ3) is 4.37. The second kappa shape index (κ2) is 7.91. The summed E-state index contributed by atoms with van der Waals surface area (Å²) in [6, 6.07) is 11.6. The lowest BCUT2D eigenvalue weighted by Crippen LogP contribution is -2.32. The number of ether oxygens (including phenoxy) is 1. The fourth-order valence-corrected chi connectivity index (χ4v) is 3.22. The maximum absolute atomic E-state index is 11.5. The predicted octanol–water partition coefficient (Wildman–Crippen LogP) is 1.93. The molecular weight excluding hydrogens is 400 g/mol. The molecule has 0 aliphatic heterocycles. The summed E-state index contributed by atoms with van der Waals surface area (Å²) in [4.78, 5) is 11.1. The largest absolute Gasteiger partial charge is 0.497 e. The number of sulfonamides is 1. The number of nitrogens with two attached hydrogens (primary N) is 2. The second-order valence-electron chi connectivity index (χ2n) is 6.02. The van der Waals surface area contributed by atoms with Gasteiger partial charge in [-0.05, 0) is 42.0 Å². The van der Waals surface area contributed by atoms with Gasteiger partial charge in [0.05, 0.1) is 17.6 Å². The van der Waals surface area contributed by atoms with Crippen LogP contribution in [0.15, 0.2) is 57.9 Å². The number of hydrogen-bond donors (Lipinski definition) is 3. The quantitative estimate of drug-likeness (QED) is 0.407. The first-order valence-corrected chi connectivity index (χ1v) is 9.77. The van der Waals surface area contributed by atoms with E-state index in [0.29, 0.717) is 28.1 Å². The number of primary amides is 1. The van der Waals surface area contributed by atoms with Gasteiger partial charge in [0.1, 0.15) is 18.0 Å². The zero-order chi connectivity index (χ0) is 21.2. The van der Waals surface area contributed by atoms with E-state index in [4.69, 9.17) is 20.1 Å². The molecule has 3 rings (SSSR count). The Balaban J connectivity index is 2.12. The SMILES string of the molecule is COc1ccc(-c2noc(CN(O)C(N)=O)c2-c2ccc(S(N)(=O)=O)cc2)cc1. The lowest BCUT2D eigenvalue weighted by molar-refractivity contribution is -0.0521. The number of nitrogens with zero attached hydrogens (tertiary/aromatic N) is 2. The van der Waals surface area contributed by atoms with E-state index in [1.807, 2.05) is 0 Å². The van der Waals surface area contributed by atoms with Gasteiger partial charge < -0.3 is 15.0 Å². The predicted molar refractivity (Wildman–Crippen MR) is 102 cm³/mol. The van der Waals surface area contributed by atoms with Crippen LogP contribution in [0.25, 0.3) is 22.4 Å². The first kappa shape index (κ1) is 20.3. The van der Waals surface area contributed by atoms with E-state index in [-0.39, 0.29) is 22.3 Å². The Labute approximate surface area is 166 Å². The first-order valence-electron chi connectivity index (χ1n) is 8.22. The van der Waals surface area contributed by atoms with Crippen LogP contribution < -0.4 is 15.6 Å². The van der Waals surface area contributed by atoms with Crippen molar-refractivity contribution in [1.82, 2.24) is 10.2 Å². The molecule has 3 aromatic rings. The summed E-state index contributed by atoms with van der Waals surface area (Å²) >= 11 is 0. The van der Waals surface area contributed by atoms with Crippen molar-refractivity contribution >= 4 is 16.1 Å². The van der Waals surface area contributed by atoms with Crippen LogP contribution in [-0.2, 0) is 16.6 Å². The molecular formula is C18H18N4O6S. The molecule has 0 saturated carbocycles. The Bertz CT molecular complexity index is 1120. The first-order chi connectivity index (χ1) is 13.7. The van der Waals surface area contributed by atoms with E-state index in [1.165, 1.54) is 24.3 Å². The highest BCUT2D eigenvalue weighted by atomic mass is 32.2. The fourth-order valence-electron chi connectivity index (χ4n) is 2.70. The average Bonchev–Trinajstić information content (AvgIpc) is 3.10. The normalized spacial score (nSPS) is 11.3. The summed E-state index contributed by atoms with van der Waals surface area (Å²) in [5.41, 5.74) is 7.16. The molecule has 0 saturated heterocycles. The standard InChI is InChI=1S/C18H18N4O6S/c1-27-13-6-2-12(3-7-13)17-16(15(28-21-17)10-22(24)18(19)23)11-4-8-14(9-5-11)29(20,25)26/h2-9,24H,10H2,1H3,(H2,19,23)(H2,20,25,26). The number of hydroxylamine groups is 2. The van der Waals surface area contributed by atoms with Crippen LogP contribution in [0, 0.1) is 0 Å². The number of methoxy groups -OCH3 is 1. The molecule has 0 spiro atoms. The molecule has 0 radical (unpaired) electrons. The Morgan fingerprint density at radius 2 is 1.72 bits per heavy atom. The van der Waals surface area contributed by atoms with E-state index in [9.17, 15) is 18.4 Å². The van der Waals surface area contributed by atoms with Gasteiger partial charge in [-0.2, -0.15) is 5.06 Å². The van der Waals surface area contributed by atoms with Crippen molar-refractivity contribution in [2.45, 2.75) is 11.4 Å². The lowest BCUT2D eigenvalue weighted by atomic mass is 9.99. The van der Waals surface area contributed by atoms with Gasteiger partial charge in [0.25, 0.3) is 0 Å². The molecule has 152 valence electrons. The summed E-state index contributed by atoms with van der Waals surface area (Å²) in [6.45, 7) is -0.356. The van der Waals surface area contributed by atoms with Crippen LogP contribution in [-0.4, -0.2) is 37.0 Å². The number of carbonyl (C=O) groups excluding carboxylic acids is 1. The number of aromatic nitrogens is 1. The summed E-state index contributed by atoms with van der Waals surface area (Å²) in [6.07, 6.45) is 0. The minimum atomic E-state index is -3.86. The highest BCUT2D eigenvalue weighted by Crippen LogP contribution is 2.36. The molecule has 0 unspecified atom stereocenters. The summed E-state index contributed by atoms with van der Waals surface area (Å²) < 4.78 is 33.5. The molecule has 2 aromatic carbocycles. The topological polar surface area (TPSA) is 162 Å². The zero-order valence-corrected chi connectivity index (χ0v) is 16.1. The molecule has 5 N–H and O–H groups in total. The van der Waals surface area contributed by atoms with Gasteiger partial charge >= 0.3 is 6.03 Å². The Kier molecular flexibility index (Phi) is 5.55. The van der Waals surface area contributed by atoms with Crippen LogP contribution in [0.3, 0.4) is 0 Å². The maximum Gasteiger partial charge on any atom is 0.338 e. The number of carbonyl (C=O) groups is 1. The Morgan fingerprint density at radius 1 is 1.14 bits per heavy atom. The van der Waals surface area contributed by atoms with Gasteiger partial charge in [-0.15, -0.1) is 0 Å². The highest BCUT2D eigenvalue weighted by molar-refractivity contribution is 7.89. The van der Waals surface area contributed by atoms with Gasteiger partial charge in [-0.3, -0.25) is 5.21 Å². The van der Waals surface area contributed by atoms with Gasteiger partial charge in [0.15, 0.2) is 5.76 Å². The summed E-state index contributed by atoms with van der Waals surface area (Å²) in [7, 11) is -2.32. The van der Waals surface area contributed by atoms with Crippen molar-refractivity contribution in [3.05, 3.63) is 54.3 Å². The molecule has 2 amide bonds. The molecule has 0 bridgehead atoms. The number of hydrogen-bond acceptors (Lipinski definition) is 7. The third-order valence-corrected chi connectivity index (χ3v) is 5.07. The second-order valence-corrected chi connectivity index (χ2v) is 7.58. The number of benzene rings is 2. The third-order valence-electron chi connectivity index (χ3n) is 4.15. The monoisotopic (exact) mass is 418 g/mol. The molecule has 11 heteroatoms. The van der Waals surface area contributed by atoms with Crippen molar-refractivity contribution < 1.29 is 27.7 Å². The molecule has 0 aliphatic rings. The molecule has 1 aromatic heterocycles. The number of primary sulfonamides is 1. The maximum atomic E-state index is 11.5. The number of amides is 2. The molecule has 0 fully saturated rings. The Hall–Kier alpha value is -3.41. The smallest absolute Gasteiger partial charge is 0.338 e. The molecule has 10 nitrogen and oxygen atoms in total. The van der Waals surface area contributed by atoms with Gasteiger partial charge in [0, 0.05) is 5.56 Å². The minimum absolute atomic E-state index is 0.0637. The van der Waals surface area contributed by atoms with Crippen LogP contribution in [0.5, 0.6) is 5.75 Å². The summed E-state index contributed by atoms with van der Waals surface area (Å²) in [5, 5.41) is 19.2.